The van der Waals surface area contributed by atoms with Gasteiger partial charge in [-0.3, -0.25) is 0 Å². The fraction of sp³-hybridized carbons (Fsp3) is 0.500. The quantitative estimate of drug-likeness (QED) is 0.791. The molecule has 1 rings (SSSR count). The van der Waals surface area contributed by atoms with Gasteiger partial charge in [0.2, 0.25) is 0 Å². The smallest absolute Gasteiger partial charge is 0.123 e. The molecule has 0 aliphatic heterocycles. The zero-order valence-electron chi connectivity index (χ0n) is 9.79. The molecule has 0 amide bonds. The minimum atomic E-state index is 0.688. The van der Waals surface area contributed by atoms with Crippen LogP contribution >= 0.6 is 0 Å². The summed E-state index contributed by atoms with van der Waals surface area (Å²) in [6.45, 7) is 1.58. The van der Waals surface area contributed by atoms with E-state index in [0.29, 0.717) is 6.54 Å². The summed E-state index contributed by atoms with van der Waals surface area (Å²) < 4.78 is 5.32. The molecular weight excluding hydrogens is 188 g/mol. The van der Waals surface area contributed by atoms with Gasteiger partial charge in [0.25, 0.3) is 0 Å². The lowest BCUT2D eigenvalue weighted by atomic mass is 10.1. The van der Waals surface area contributed by atoms with Gasteiger partial charge in [0, 0.05) is 12.1 Å². The first kappa shape index (κ1) is 12.0. The highest BCUT2D eigenvalue weighted by Crippen LogP contribution is 2.21. The first-order valence-corrected chi connectivity index (χ1v) is 5.18. The van der Waals surface area contributed by atoms with Gasteiger partial charge in [0.05, 0.1) is 7.11 Å². The van der Waals surface area contributed by atoms with E-state index < -0.39 is 0 Å². The predicted molar refractivity (Wildman–Crippen MR) is 63.1 cm³/mol. The van der Waals surface area contributed by atoms with Crippen LogP contribution in [0.5, 0.6) is 5.75 Å². The van der Waals surface area contributed by atoms with E-state index in [-0.39, 0.29) is 0 Å². The first-order chi connectivity index (χ1) is 7.17. The lowest BCUT2D eigenvalue weighted by Crippen LogP contribution is -2.12. The number of nitrogens with zero attached hydrogens (tertiary/aromatic N) is 1. The molecule has 3 heteroatoms. The molecule has 0 bridgehead atoms. The van der Waals surface area contributed by atoms with Gasteiger partial charge in [-0.2, -0.15) is 0 Å². The van der Waals surface area contributed by atoms with E-state index in [2.05, 4.69) is 31.1 Å². The SMILES string of the molecule is COc1ccc(CCN)cc1CN(C)C. The Bertz CT molecular complexity index is 310. The third kappa shape index (κ3) is 3.53. The van der Waals surface area contributed by atoms with Crippen molar-refractivity contribution in [1.82, 2.24) is 4.90 Å². The monoisotopic (exact) mass is 208 g/mol. The molecule has 0 aliphatic carbocycles. The van der Waals surface area contributed by atoms with Gasteiger partial charge in [-0.05, 0) is 38.7 Å². The number of nitrogens with two attached hydrogens (primary N) is 1. The number of benzene rings is 1. The van der Waals surface area contributed by atoms with Gasteiger partial charge in [-0.15, -0.1) is 0 Å². The molecule has 1 aromatic rings. The first-order valence-electron chi connectivity index (χ1n) is 5.18. The normalized spacial score (nSPS) is 10.7. The number of hydrogen-bond acceptors (Lipinski definition) is 3. The Hall–Kier alpha value is -1.06. The van der Waals surface area contributed by atoms with E-state index in [1.54, 1.807) is 7.11 Å². The number of ether oxygens (including phenoxy) is 1. The molecule has 15 heavy (non-hydrogen) atoms. The van der Waals surface area contributed by atoms with Gasteiger partial charge in [-0.1, -0.05) is 12.1 Å². The molecule has 0 fully saturated rings. The molecule has 0 aromatic heterocycles. The van der Waals surface area contributed by atoms with Gasteiger partial charge in [-0.25, -0.2) is 0 Å². The Morgan fingerprint density at radius 3 is 2.60 bits per heavy atom. The van der Waals surface area contributed by atoms with Crippen molar-refractivity contribution in [2.75, 3.05) is 27.7 Å². The zero-order chi connectivity index (χ0) is 11.3. The molecule has 0 aliphatic rings. The maximum atomic E-state index is 5.54. The molecule has 0 saturated carbocycles. The summed E-state index contributed by atoms with van der Waals surface area (Å²) in [7, 11) is 5.81. The minimum absolute atomic E-state index is 0.688. The lowest BCUT2D eigenvalue weighted by Gasteiger charge is -2.14. The van der Waals surface area contributed by atoms with E-state index in [1.165, 1.54) is 11.1 Å². The van der Waals surface area contributed by atoms with Crippen molar-refractivity contribution in [3.63, 3.8) is 0 Å². The molecule has 84 valence electrons. The Labute approximate surface area is 91.8 Å². The Balaban J connectivity index is 2.91. The minimum Gasteiger partial charge on any atom is -0.496 e. The van der Waals surface area contributed by atoms with Crippen molar-refractivity contribution >= 4 is 0 Å². The molecule has 0 unspecified atom stereocenters. The second-order valence-corrected chi connectivity index (χ2v) is 3.92. The zero-order valence-corrected chi connectivity index (χ0v) is 9.79. The van der Waals surface area contributed by atoms with Crippen molar-refractivity contribution in [3.05, 3.63) is 29.3 Å². The van der Waals surface area contributed by atoms with Gasteiger partial charge < -0.3 is 15.4 Å². The Morgan fingerprint density at radius 1 is 1.33 bits per heavy atom. The molecule has 0 atom stereocenters. The standard InChI is InChI=1S/C12H20N2O/c1-14(2)9-11-8-10(6-7-13)4-5-12(11)15-3/h4-5,8H,6-7,9,13H2,1-3H3. The van der Waals surface area contributed by atoms with E-state index in [0.717, 1.165) is 18.7 Å². The van der Waals surface area contributed by atoms with Crippen LogP contribution in [0.15, 0.2) is 18.2 Å². The predicted octanol–water partition coefficient (Wildman–Crippen LogP) is 1.26. The van der Waals surface area contributed by atoms with Gasteiger partial charge >= 0.3 is 0 Å². The van der Waals surface area contributed by atoms with E-state index in [9.17, 15) is 0 Å². The fourth-order valence-corrected chi connectivity index (χ4v) is 1.62. The molecule has 3 nitrogen and oxygen atoms in total. The van der Waals surface area contributed by atoms with Crippen molar-refractivity contribution in [2.45, 2.75) is 13.0 Å². The third-order valence-corrected chi connectivity index (χ3v) is 2.26. The second kappa shape index (κ2) is 5.73. The fourth-order valence-electron chi connectivity index (χ4n) is 1.62. The average Bonchev–Trinajstić information content (AvgIpc) is 2.18. The van der Waals surface area contributed by atoms with Crippen LogP contribution < -0.4 is 10.5 Å². The number of hydrogen-bond donors (Lipinski definition) is 1. The average molecular weight is 208 g/mol. The van der Waals surface area contributed by atoms with Crippen LogP contribution in [0.3, 0.4) is 0 Å². The molecule has 1 aromatic carbocycles. The van der Waals surface area contributed by atoms with Crippen LogP contribution in [0.4, 0.5) is 0 Å². The summed E-state index contributed by atoms with van der Waals surface area (Å²) in [5, 5.41) is 0. The van der Waals surface area contributed by atoms with E-state index in [1.807, 2.05) is 6.07 Å². The molecule has 0 saturated heterocycles. The topological polar surface area (TPSA) is 38.5 Å². The van der Waals surface area contributed by atoms with Crippen LogP contribution in [0.1, 0.15) is 11.1 Å². The summed E-state index contributed by atoms with van der Waals surface area (Å²) in [6, 6.07) is 6.26. The van der Waals surface area contributed by atoms with Crippen LogP contribution in [0.2, 0.25) is 0 Å². The van der Waals surface area contributed by atoms with Crippen molar-refractivity contribution < 1.29 is 4.74 Å². The highest BCUT2D eigenvalue weighted by atomic mass is 16.5. The Kier molecular flexibility index (Phi) is 4.59. The van der Waals surface area contributed by atoms with Crippen LogP contribution in [0.25, 0.3) is 0 Å². The van der Waals surface area contributed by atoms with Gasteiger partial charge in [0.15, 0.2) is 0 Å². The Morgan fingerprint density at radius 2 is 2.07 bits per heavy atom. The highest BCUT2D eigenvalue weighted by Gasteiger charge is 2.05. The molecule has 0 spiro atoms. The van der Waals surface area contributed by atoms with Crippen molar-refractivity contribution in [2.24, 2.45) is 5.73 Å². The molecule has 0 heterocycles. The molecular formula is C12H20N2O. The van der Waals surface area contributed by atoms with E-state index in [4.69, 9.17) is 10.5 Å². The summed E-state index contributed by atoms with van der Waals surface area (Å²) in [6.07, 6.45) is 0.921. The van der Waals surface area contributed by atoms with Crippen LogP contribution in [0, 0.1) is 0 Å². The molecule has 2 N–H and O–H groups in total. The van der Waals surface area contributed by atoms with E-state index >= 15 is 0 Å². The third-order valence-electron chi connectivity index (χ3n) is 2.26. The largest absolute Gasteiger partial charge is 0.496 e. The molecule has 0 radical (unpaired) electrons. The maximum absolute atomic E-state index is 5.54. The summed E-state index contributed by atoms with van der Waals surface area (Å²) in [4.78, 5) is 2.13. The van der Waals surface area contributed by atoms with Crippen molar-refractivity contribution in [3.8, 4) is 5.75 Å². The van der Waals surface area contributed by atoms with Crippen LogP contribution in [-0.4, -0.2) is 32.6 Å². The number of rotatable bonds is 5. The summed E-state index contributed by atoms with van der Waals surface area (Å²) >= 11 is 0. The van der Waals surface area contributed by atoms with Gasteiger partial charge in [0.1, 0.15) is 5.75 Å². The second-order valence-electron chi connectivity index (χ2n) is 3.92. The number of methoxy groups -OCH3 is 1. The lowest BCUT2D eigenvalue weighted by molar-refractivity contribution is 0.371. The van der Waals surface area contributed by atoms with Crippen molar-refractivity contribution in [1.29, 1.82) is 0 Å². The van der Waals surface area contributed by atoms with Crippen LogP contribution in [-0.2, 0) is 13.0 Å². The maximum Gasteiger partial charge on any atom is 0.123 e. The summed E-state index contributed by atoms with van der Waals surface area (Å²) in [5.74, 6) is 0.949. The highest BCUT2D eigenvalue weighted by molar-refractivity contribution is 5.37. The summed E-state index contributed by atoms with van der Waals surface area (Å²) in [5.41, 5.74) is 8.03.